The molecule has 0 spiro atoms. The Morgan fingerprint density at radius 2 is 1.92 bits per heavy atom. The van der Waals surface area contributed by atoms with Gasteiger partial charge in [0.1, 0.15) is 23.1 Å². The normalized spacial score (nSPS) is 12.5. The quantitative estimate of drug-likeness (QED) is 0.828. The average Bonchev–Trinajstić information content (AvgIpc) is 2.84. The topological polar surface area (TPSA) is 88.9 Å². The molecule has 0 aliphatic carbocycles. The Hall–Kier alpha value is -2.31. The molecule has 1 heterocycles. The number of aryl methyl sites for hydroxylation is 1. The molecule has 0 aliphatic heterocycles. The van der Waals surface area contributed by atoms with E-state index in [0.717, 1.165) is 0 Å². The number of ether oxygens (including phenoxy) is 1. The van der Waals surface area contributed by atoms with Crippen LogP contribution in [0.4, 0.5) is 0 Å². The number of methoxy groups -OCH3 is 1. The van der Waals surface area contributed by atoms with Gasteiger partial charge in [-0.2, -0.15) is 0 Å². The van der Waals surface area contributed by atoms with Crippen molar-refractivity contribution in [3.8, 4) is 0 Å². The zero-order chi connectivity index (χ0) is 18.7. The minimum Gasteiger partial charge on any atom is -0.465 e. The highest BCUT2D eigenvalue weighted by Gasteiger charge is 2.27. The van der Waals surface area contributed by atoms with Crippen molar-refractivity contribution in [2.24, 2.45) is 5.41 Å². The van der Waals surface area contributed by atoms with E-state index in [1.54, 1.807) is 47.7 Å². The van der Waals surface area contributed by atoms with E-state index < -0.39 is 17.4 Å². The summed E-state index contributed by atoms with van der Waals surface area (Å²) in [6.45, 7) is 8.82. The first kappa shape index (κ1) is 19.7. The van der Waals surface area contributed by atoms with E-state index in [-0.39, 0.29) is 18.4 Å². The van der Waals surface area contributed by atoms with Gasteiger partial charge < -0.3 is 19.4 Å². The van der Waals surface area contributed by atoms with Gasteiger partial charge in [0, 0.05) is 12.5 Å². The summed E-state index contributed by atoms with van der Waals surface area (Å²) in [6, 6.07) is 0.904. The number of furan rings is 1. The highest BCUT2D eigenvalue weighted by Crippen LogP contribution is 2.17. The summed E-state index contributed by atoms with van der Waals surface area (Å²) in [7, 11) is 2.90. The standard InChI is InChI=1S/C17H26N2O5/c1-10(18-16(22)17(3,4)5)14(20)19(6)9-12-8-13(11(2)24-12)15(21)23-7/h8,10H,9H2,1-7H3,(H,18,22). The number of carbonyl (C=O) groups excluding carboxylic acids is 3. The number of esters is 1. The molecule has 1 rings (SSSR count). The molecule has 0 bridgehead atoms. The molecule has 0 saturated heterocycles. The van der Waals surface area contributed by atoms with Gasteiger partial charge in [0.25, 0.3) is 0 Å². The molecule has 1 unspecified atom stereocenters. The Morgan fingerprint density at radius 3 is 2.42 bits per heavy atom. The van der Waals surface area contributed by atoms with Gasteiger partial charge in [-0.1, -0.05) is 20.8 Å². The highest BCUT2D eigenvalue weighted by atomic mass is 16.5. The molecule has 0 aromatic carbocycles. The first-order valence-corrected chi connectivity index (χ1v) is 7.71. The third-order valence-corrected chi connectivity index (χ3v) is 3.54. The van der Waals surface area contributed by atoms with E-state index in [9.17, 15) is 14.4 Å². The molecule has 7 nitrogen and oxygen atoms in total. The van der Waals surface area contributed by atoms with E-state index in [0.29, 0.717) is 17.1 Å². The second-order valence-corrected chi connectivity index (χ2v) is 6.81. The summed E-state index contributed by atoms with van der Waals surface area (Å²) >= 11 is 0. The lowest BCUT2D eigenvalue weighted by molar-refractivity contribution is -0.137. The van der Waals surface area contributed by atoms with Crippen molar-refractivity contribution in [2.75, 3.05) is 14.2 Å². The molecule has 24 heavy (non-hydrogen) atoms. The SMILES string of the molecule is COC(=O)c1cc(CN(C)C(=O)C(C)NC(=O)C(C)(C)C)oc1C. The Morgan fingerprint density at radius 1 is 1.33 bits per heavy atom. The van der Waals surface area contributed by atoms with Gasteiger partial charge in [-0.05, 0) is 19.9 Å². The van der Waals surface area contributed by atoms with E-state index >= 15 is 0 Å². The Labute approximate surface area is 142 Å². The van der Waals surface area contributed by atoms with Gasteiger partial charge in [0.2, 0.25) is 11.8 Å². The number of carbonyl (C=O) groups is 3. The van der Waals surface area contributed by atoms with E-state index in [1.807, 2.05) is 0 Å². The van der Waals surface area contributed by atoms with Crippen LogP contribution in [0, 0.1) is 12.3 Å². The largest absolute Gasteiger partial charge is 0.465 e. The van der Waals surface area contributed by atoms with Crippen LogP contribution in [-0.2, 0) is 20.9 Å². The van der Waals surface area contributed by atoms with Crippen LogP contribution in [0.5, 0.6) is 0 Å². The number of hydrogen-bond donors (Lipinski definition) is 1. The van der Waals surface area contributed by atoms with Crippen LogP contribution in [0.3, 0.4) is 0 Å². The van der Waals surface area contributed by atoms with Gasteiger partial charge in [-0.25, -0.2) is 4.79 Å². The molecule has 134 valence electrons. The number of amides is 2. The van der Waals surface area contributed by atoms with Crippen LogP contribution < -0.4 is 5.32 Å². The van der Waals surface area contributed by atoms with Crippen LogP contribution in [0.15, 0.2) is 10.5 Å². The lowest BCUT2D eigenvalue weighted by Crippen LogP contribution is -2.48. The zero-order valence-corrected chi connectivity index (χ0v) is 15.4. The van der Waals surface area contributed by atoms with Gasteiger partial charge >= 0.3 is 5.97 Å². The molecule has 7 heteroatoms. The fourth-order valence-electron chi connectivity index (χ4n) is 2.05. The third kappa shape index (κ3) is 4.84. The van der Waals surface area contributed by atoms with Gasteiger partial charge in [0.05, 0.1) is 13.7 Å². The van der Waals surface area contributed by atoms with Gasteiger partial charge in [-0.3, -0.25) is 9.59 Å². The lowest BCUT2D eigenvalue weighted by Gasteiger charge is -2.24. The zero-order valence-electron chi connectivity index (χ0n) is 15.4. The summed E-state index contributed by atoms with van der Waals surface area (Å²) in [5, 5.41) is 2.70. The van der Waals surface area contributed by atoms with Crippen LogP contribution in [0.1, 0.15) is 49.6 Å². The van der Waals surface area contributed by atoms with Crippen LogP contribution in [-0.4, -0.2) is 42.9 Å². The van der Waals surface area contributed by atoms with Crippen molar-refractivity contribution in [1.82, 2.24) is 10.2 Å². The number of likely N-dealkylation sites (N-methyl/N-ethyl adjacent to an activating group) is 1. The second kappa shape index (κ2) is 7.51. The Balaban J connectivity index is 2.74. The molecule has 1 atom stereocenters. The number of rotatable bonds is 5. The maximum absolute atomic E-state index is 12.4. The van der Waals surface area contributed by atoms with E-state index in [2.05, 4.69) is 10.1 Å². The molecule has 1 aromatic heterocycles. The Bertz CT molecular complexity index is 627. The molecule has 0 radical (unpaired) electrons. The van der Waals surface area contributed by atoms with E-state index in [1.165, 1.54) is 12.0 Å². The maximum Gasteiger partial charge on any atom is 0.341 e. The molecule has 1 aromatic rings. The van der Waals surface area contributed by atoms with E-state index in [4.69, 9.17) is 4.42 Å². The van der Waals surface area contributed by atoms with Crippen molar-refractivity contribution >= 4 is 17.8 Å². The van der Waals surface area contributed by atoms with Crippen molar-refractivity contribution < 1.29 is 23.5 Å². The minimum atomic E-state index is -0.655. The molecule has 0 saturated carbocycles. The summed E-state index contributed by atoms with van der Waals surface area (Å²) < 4.78 is 10.2. The predicted molar refractivity (Wildman–Crippen MR) is 88.3 cm³/mol. The number of hydrogen-bond acceptors (Lipinski definition) is 5. The monoisotopic (exact) mass is 338 g/mol. The molecular weight excluding hydrogens is 312 g/mol. The number of nitrogens with one attached hydrogen (secondary N) is 1. The lowest BCUT2D eigenvalue weighted by atomic mass is 9.95. The fraction of sp³-hybridized carbons (Fsp3) is 0.588. The van der Waals surface area contributed by atoms with Gasteiger partial charge in [0.15, 0.2) is 0 Å². The highest BCUT2D eigenvalue weighted by molar-refractivity contribution is 5.91. The van der Waals surface area contributed by atoms with Crippen molar-refractivity contribution in [3.63, 3.8) is 0 Å². The Kier molecular flexibility index (Phi) is 6.17. The number of nitrogens with zero attached hydrogens (tertiary/aromatic N) is 1. The fourth-order valence-corrected chi connectivity index (χ4v) is 2.05. The first-order chi connectivity index (χ1) is 11.0. The summed E-state index contributed by atoms with van der Waals surface area (Å²) in [5.41, 5.74) is -0.233. The molecule has 0 aliphatic rings. The maximum atomic E-state index is 12.4. The average molecular weight is 338 g/mol. The minimum absolute atomic E-state index is 0.187. The van der Waals surface area contributed by atoms with Crippen molar-refractivity contribution in [3.05, 3.63) is 23.2 Å². The predicted octanol–water partition coefficient (Wildman–Crippen LogP) is 1.88. The summed E-state index contributed by atoms with van der Waals surface area (Å²) in [6.07, 6.45) is 0. The summed E-state index contributed by atoms with van der Waals surface area (Å²) in [5.74, 6) is -0.0213. The first-order valence-electron chi connectivity index (χ1n) is 7.71. The molecular formula is C17H26N2O5. The van der Waals surface area contributed by atoms with Crippen LogP contribution >= 0.6 is 0 Å². The van der Waals surface area contributed by atoms with Crippen LogP contribution in [0.2, 0.25) is 0 Å². The summed E-state index contributed by atoms with van der Waals surface area (Å²) in [4.78, 5) is 37.4. The van der Waals surface area contributed by atoms with Crippen molar-refractivity contribution in [1.29, 1.82) is 0 Å². The third-order valence-electron chi connectivity index (χ3n) is 3.54. The van der Waals surface area contributed by atoms with Crippen molar-refractivity contribution in [2.45, 2.75) is 47.2 Å². The molecule has 2 amide bonds. The second-order valence-electron chi connectivity index (χ2n) is 6.81. The molecule has 0 fully saturated rings. The molecule has 1 N–H and O–H groups in total. The smallest absolute Gasteiger partial charge is 0.341 e. The van der Waals surface area contributed by atoms with Gasteiger partial charge in [-0.15, -0.1) is 0 Å². The van der Waals surface area contributed by atoms with Crippen LogP contribution in [0.25, 0.3) is 0 Å².